The lowest BCUT2D eigenvalue weighted by Gasteiger charge is -2.18. The van der Waals surface area contributed by atoms with Crippen LogP contribution in [-0.4, -0.2) is 29.4 Å². The van der Waals surface area contributed by atoms with Gasteiger partial charge >= 0.3 is 0 Å². The van der Waals surface area contributed by atoms with Gasteiger partial charge in [-0.15, -0.1) is 0 Å². The van der Waals surface area contributed by atoms with Gasteiger partial charge in [0.15, 0.2) is 11.6 Å². The fourth-order valence-corrected chi connectivity index (χ4v) is 4.33. The van der Waals surface area contributed by atoms with Crippen LogP contribution in [0.15, 0.2) is 66.7 Å². The molecule has 0 saturated carbocycles. The third-order valence-corrected chi connectivity index (χ3v) is 6.34. The summed E-state index contributed by atoms with van der Waals surface area (Å²) >= 11 is 6.09. The fourth-order valence-electron chi connectivity index (χ4n) is 4.21. The van der Waals surface area contributed by atoms with Crippen LogP contribution in [0.1, 0.15) is 44.2 Å². The summed E-state index contributed by atoms with van der Waals surface area (Å²) in [6, 6.07) is 20.3. The monoisotopic (exact) mass is 522 g/mol. The molecule has 0 radical (unpaired) electrons. The van der Waals surface area contributed by atoms with Gasteiger partial charge in [-0.3, -0.25) is 0 Å². The largest absolute Gasteiger partial charge is 0.488 e. The zero-order valence-electron chi connectivity index (χ0n) is 21.1. The third kappa shape index (κ3) is 6.90. The Labute approximate surface area is 222 Å². The number of fused-ring (bicyclic) bond motifs is 1. The lowest BCUT2D eigenvalue weighted by atomic mass is 9.99. The Morgan fingerprint density at radius 3 is 2.51 bits per heavy atom. The first-order chi connectivity index (χ1) is 18.0. The Morgan fingerprint density at radius 1 is 1.05 bits per heavy atom. The van der Waals surface area contributed by atoms with E-state index in [0.29, 0.717) is 28.8 Å². The lowest BCUT2D eigenvalue weighted by Crippen LogP contribution is -2.12. The zero-order chi connectivity index (χ0) is 26.2. The van der Waals surface area contributed by atoms with E-state index in [1.807, 2.05) is 55.5 Å². The molecule has 7 heteroatoms. The van der Waals surface area contributed by atoms with Gasteiger partial charge in [0.2, 0.25) is 5.88 Å². The van der Waals surface area contributed by atoms with E-state index >= 15 is 0 Å². The van der Waals surface area contributed by atoms with E-state index in [4.69, 9.17) is 26.1 Å². The SMILES string of the molecule is CCCCC(C)Oc1ccc(Nc2nc(OCCO)c3ccccc3c2Cc2ccc(Cl)cc2)cc1F. The number of pyridine rings is 1. The molecule has 1 heterocycles. The molecule has 5 nitrogen and oxygen atoms in total. The van der Waals surface area contributed by atoms with Crippen LogP contribution in [0.25, 0.3) is 10.8 Å². The molecular formula is C30H32ClFN2O3. The summed E-state index contributed by atoms with van der Waals surface area (Å²) in [4.78, 5) is 4.76. The first kappa shape index (κ1) is 26.7. The average Bonchev–Trinajstić information content (AvgIpc) is 2.90. The summed E-state index contributed by atoms with van der Waals surface area (Å²) in [5.74, 6) is 0.738. The Kier molecular flexibility index (Phi) is 9.20. The van der Waals surface area contributed by atoms with Gasteiger partial charge in [0.1, 0.15) is 12.4 Å². The summed E-state index contributed by atoms with van der Waals surface area (Å²) < 4.78 is 26.6. The number of benzene rings is 3. The molecular weight excluding hydrogens is 491 g/mol. The Hall–Kier alpha value is -3.35. The molecule has 0 spiro atoms. The van der Waals surface area contributed by atoms with Crippen LogP contribution < -0.4 is 14.8 Å². The molecule has 0 saturated heterocycles. The molecule has 4 aromatic rings. The summed E-state index contributed by atoms with van der Waals surface area (Å²) in [6.07, 6.45) is 3.49. The van der Waals surface area contributed by atoms with Crippen LogP contribution in [0.2, 0.25) is 5.02 Å². The highest BCUT2D eigenvalue weighted by Crippen LogP contribution is 2.35. The van der Waals surface area contributed by atoms with Gasteiger partial charge in [-0.1, -0.05) is 61.7 Å². The molecule has 4 rings (SSSR count). The molecule has 194 valence electrons. The van der Waals surface area contributed by atoms with Gasteiger partial charge in [0, 0.05) is 34.1 Å². The minimum atomic E-state index is -0.440. The predicted octanol–water partition coefficient (Wildman–Crippen LogP) is 7.69. The van der Waals surface area contributed by atoms with Crippen molar-refractivity contribution in [2.75, 3.05) is 18.5 Å². The van der Waals surface area contributed by atoms with Crippen LogP contribution in [-0.2, 0) is 6.42 Å². The van der Waals surface area contributed by atoms with Crippen LogP contribution in [0.3, 0.4) is 0 Å². The summed E-state index contributed by atoms with van der Waals surface area (Å²) in [6.45, 7) is 4.06. The number of aliphatic hydroxyl groups excluding tert-OH is 1. The molecule has 0 fully saturated rings. The molecule has 1 aromatic heterocycles. The highest BCUT2D eigenvalue weighted by atomic mass is 35.5. The van der Waals surface area contributed by atoms with E-state index in [9.17, 15) is 9.50 Å². The molecule has 3 aromatic carbocycles. The summed E-state index contributed by atoms with van der Waals surface area (Å²) in [7, 11) is 0. The highest BCUT2D eigenvalue weighted by Gasteiger charge is 2.17. The molecule has 1 atom stereocenters. The van der Waals surface area contributed by atoms with Crippen LogP contribution in [0, 0.1) is 5.82 Å². The number of nitrogens with zero attached hydrogens (tertiary/aromatic N) is 1. The van der Waals surface area contributed by atoms with Gasteiger partial charge in [-0.2, -0.15) is 4.98 Å². The van der Waals surface area contributed by atoms with Crippen molar-refractivity contribution in [2.45, 2.75) is 45.6 Å². The van der Waals surface area contributed by atoms with Gasteiger partial charge in [0.25, 0.3) is 0 Å². The van der Waals surface area contributed by atoms with Crippen molar-refractivity contribution in [3.05, 3.63) is 88.7 Å². The smallest absolute Gasteiger partial charge is 0.223 e. The van der Waals surface area contributed by atoms with Crippen molar-refractivity contribution < 1.29 is 19.0 Å². The molecule has 0 aliphatic rings. The summed E-state index contributed by atoms with van der Waals surface area (Å²) in [5.41, 5.74) is 2.53. The molecule has 1 unspecified atom stereocenters. The Morgan fingerprint density at radius 2 is 1.81 bits per heavy atom. The maximum absolute atomic E-state index is 15.0. The number of ether oxygens (including phenoxy) is 2. The minimum Gasteiger partial charge on any atom is -0.488 e. The standard InChI is InChI=1S/C30H32ClFN2O3/c1-3-4-7-20(2)37-28-15-14-23(19-27(28)32)33-29-26(18-21-10-12-22(31)13-11-21)24-8-5-6-9-25(24)30(34-29)36-17-16-35/h5-6,8-15,19-20,35H,3-4,7,16-18H2,1-2H3,(H,33,34). The Balaban J connectivity index is 1.71. The second-order valence-electron chi connectivity index (χ2n) is 9.01. The minimum absolute atomic E-state index is 0.0624. The molecule has 0 amide bonds. The first-order valence-electron chi connectivity index (χ1n) is 12.6. The maximum Gasteiger partial charge on any atom is 0.223 e. The van der Waals surface area contributed by atoms with Gasteiger partial charge in [-0.05, 0) is 54.6 Å². The number of aliphatic hydroxyl groups is 1. The average molecular weight is 523 g/mol. The van der Waals surface area contributed by atoms with E-state index in [0.717, 1.165) is 41.2 Å². The lowest BCUT2D eigenvalue weighted by molar-refractivity contribution is 0.198. The molecule has 0 aliphatic heterocycles. The number of rotatable bonds is 12. The van der Waals surface area contributed by atoms with Crippen LogP contribution in [0.5, 0.6) is 11.6 Å². The van der Waals surface area contributed by atoms with Crippen molar-refractivity contribution in [1.82, 2.24) is 4.98 Å². The second-order valence-corrected chi connectivity index (χ2v) is 9.44. The second kappa shape index (κ2) is 12.7. The Bertz CT molecular complexity index is 1330. The predicted molar refractivity (Wildman–Crippen MR) is 148 cm³/mol. The highest BCUT2D eigenvalue weighted by molar-refractivity contribution is 6.30. The molecule has 0 aliphatic carbocycles. The molecule has 2 N–H and O–H groups in total. The van der Waals surface area contributed by atoms with Crippen molar-refractivity contribution in [3.8, 4) is 11.6 Å². The van der Waals surface area contributed by atoms with Gasteiger partial charge < -0.3 is 19.9 Å². The van der Waals surface area contributed by atoms with Crippen LogP contribution >= 0.6 is 11.6 Å². The van der Waals surface area contributed by atoms with E-state index < -0.39 is 5.82 Å². The third-order valence-electron chi connectivity index (χ3n) is 6.09. The van der Waals surface area contributed by atoms with E-state index in [-0.39, 0.29) is 25.1 Å². The first-order valence-corrected chi connectivity index (χ1v) is 13.0. The van der Waals surface area contributed by atoms with Gasteiger partial charge in [0.05, 0.1) is 12.7 Å². The zero-order valence-corrected chi connectivity index (χ0v) is 21.9. The van der Waals surface area contributed by atoms with Crippen molar-refractivity contribution in [2.24, 2.45) is 0 Å². The van der Waals surface area contributed by atoms with Gasteiger partial charge in [-0.25, -0.2) is 4.39 Å². The quantitative estimate of drug-likeness (QED) is 0.200. The van der Waals surface area contributed by atoms with Crippen molar-refractivity contribution in [1.29, 1.82) is 0 Å². The van der Waals surface area contributed by atoms with E-state index in [1.165, 1.54) is 6.07 Å². The van der Waals surface area contributed by atoms with Crippen molar-refractivity contribution >= 4 is 33.9 Å². The number of hydrogen-bond donors (Lipinski definition) is 2. The number of halogens is 2. The summed E-state index contributed by atoms with van der Waals surface area (Å²) in [5, 5.41) is 15.1. The normalized spacial score (nSPS) is 11.9. The number of aromatic nitrogens is 1. The van der Waals surface area contributed by atoms with Crippen LogP contribution in [0.4, 0.5) is 15.9 Å². The molecule has 37 heavy (non-hydrogen) atoms. The number of unbranched alkanes of at least 4 members (excludes halogenated alkanes) is 1. The number of hydrogen-bond acceptors (Lipinski definition) is 5. The van der Waals surface area contributed by atoms with E-state index in [2.05, 4.69) is 12.2 Å². The maximum atomic E-state index is 15.0. The topological polar surface area (TPSA) is 63.6 Å². The van der Waals surface area contributed by atoms with E-state index in [1.54, 1.807) is 12.1 Å². The number of nitrogens with one attached hydrogen (secondary N) is 1. The fraction of sp³-hybridized carbons (Fsp3) is 0.300. The number of anilines is 2. The molecule has 0 bridgehead atoms. The van der Waals surface area contributed by atoms with Crippen molar-refractivity contribution in [3.63, 3.8) is 0 Å².